The predicted molar refractivity (Wildman–Crippen MR) is 98.4 cm³/mol. The molecule has 0 bridgehead atoms. The van der Waals surface area contributed by atoms with Gasteiger partial charge in [-0.3, -0.25) is 4.79 Å². The van der Waals surface area contributed by atoms with Gasteiger partial charge in [0.15, 0.2) is 6.61 Å². The lowest BCUT2D eigenvalue weighted by atomic mass is 10.1. The molecule has 0 spiro atoms. The second-order valence-corrected chi connectivity index (χ2v) is 8.20. The minimum atomic E-state index is -0.489. The molecule has 0 radical (unpaired) electrons. The Labute approximate surface area is 154 Å². The lowest BCUT2D eigenvalue weighted by Gasteiger charge is -2.05. The molecule has 130 valence electrons. The van der Waals surface area contributed by atoms with Crippen LogP contribution in [-0.2, 0) is 28.8 Å². The molecule has 1 aliphatic rings. The smallest absolute Gasteiger partial charge is 0.348 e. The first-order chi connectivity index (χ1) is 12.0. The number of amides is 1. The van der Waals surface area contributed by atoms with E-state index in [1.165, 1.54) is 27.6 Å². The van der Waals surface area contributed by atoms with E-state index < -0.39 is 11.9 Å². The third-order valence-corrected chi connectivity index (χ3v) is 6.50. The maximum atomic E-state index is 12.1. The Morgan fingerprint density at radius 1 is 1.36 bits per heavy atom. The van der Waals surface area contributed by atoms with Crippen LogP contribution in [0.15, 0.2) is 6.07 Å². The van der Waals surface area contributed by atoms with E-state index in [0.717, 1.165) is 41.7 Å². The minimum absolute atomic E-state index is 0.356. The Balaban J connectivity index is 1.60. The highest BCUT2D eigenvalue weighted by Gasteiger charge is 2.23. The average Bonchev–Trinajstić information content (AvgIpc) is 3.26. The first-order valence-corrected chi connectivity index (χ1v) is 9.77. The fourth-order valence-electron chi connectivity index (χ4n) is 2.95. The predicted octanol–water partition coefficient (Wildman–Crippen LogP) is 3.84. The number of rotatable bonds is 5. The van der Waals surface area contributed by atoms with Gasteiger partial charge in [0.05, 0.1) is 5.56 Å². The number of hydrogen-bond acceptors (Lipinski definition) is 6. The van der Waals surface area contributed by atoms with Crippen molar-refractivity contribution >= 4 is 39.6 Å². The number of fused-ring (bicyclic) bond motifs is 1. The summed E-state index contributed by atoms with van der Waals surface area (Å²) >= 11 is 2.82. The van der Waals surface area contributed by atoms with E-state index in [-0.39, 0.29) is 6.61 Å². The van der Waals surface area contributed by atoms with Crippen LogP contribution in [0.1, 0.15) is 49.5 Å². The fourth-order valence-corrected chi connectivity index (χ4v) is 5.21. The lowest BCUT2D eigenvalue weighted by Crippen LogP contribution is -2.20. The SMILES string of the molecule is CCc1cc(C(=O)OCC(=O)Nc2sc3c(c2C#N)CCC3)sc1C. The van der Waals surface area contributed by atoms with Gasteiger partial charge in [0.25, 0.3) is 5.91 Å². The van der Waals surface area contributed by atoms with Crippen molar-refractivity contribution in [3.8, 4) is 6.07 Å². The molecule has 0 fully saturated rings. The van der Waals surface area contributed by atoms with Gasteiger partial charge >= 0.3 is 5.97 Å². The van der Waals surface area contributed by atoms with Crippen molar-refractivity contribution in [1.82, 2.24) is 0 Å². The largest absolute Gasteiger partial charge is 0.451 e. The first-order valence-electron chi connectivity index (χ1n) is 8.14. The summed E-state index contributed by atoms with van der Waals surface area (Å²) in [6.07, 6.45) is 3.76. The monoisotopic (exact) mass is 374 g/mol. The Morgan fingerprint density at radius 2 is 2.16 bits per heavy atom. The van der Waals surface area contributed by atoms with Gasteiger partial charge < -0.3 is 10.1 Å². The molecule has 1 amide bonds. The van der Waals surface area contributed by atoms with Crippen LogP contribution >= 0.6 is 22.7 Å². The standard InChI is InChI=1S/C18H18N2O3S2/c1-3-11-7-15(24-10(11)2)18(22)23-9-16(21)20-17-13(8-19)12-5-4-6-14(12)25-17/h7H,3-6,9H2,1-2H3,(H,20,21). The Bertz CT molecular complexity index is 874. The normalized spacial score (nSPS) is 12.5. The molecule has 7 heteroatoms. The molecule has 0 atom stereocenters. The summed E-state index contributed by atoms with van der Waals surface area (Å²) in [6.45, 7) is 3.64. The number of hydrogen-bond donors (Lipinski definition) is 1. The zero-order chi connectivity index (χ0) is 18.0. The van der Waals surface area contributed by atoms with E-state index in [2.05, 4.69) is 11.4 Å². The molecule has 1 aliphatic carbocycles. The van der Waals surface area contributed by atoms with Crippen LogP contribution in [0, 0.1) is 18.3 Å². The van der Waals surface area contributed by atoms with E-state index in [9.17, 15) is 14.9 Å². The molecule has 25 heavy (non-hydrogen) atoms. The van der Waals surface area contributed by atoms with Crippen molar-refractivity contribution in [2.45, 2.75) is 39.5 Å². The van der Waals surface area contributed by atoms with Crippen molar-refractivity contribution < 1.29 is 14.3 Å². The molecule has 0 saturated heterocycles. The number of carbonyl (C=O) groups is 2. The zero-order valence-corrected chi connectivity index (χ0v) is 15.7. The van der Waals surface area contributed by atoms with Gasteiger partial charge in [-0.2, -0.15) is 5.26 Å². The number of thiophene rings is 2. The van der Waals surface area contributed by atoms with E-state index in [0.29, 0.717) is 15.4 Å². The van der Waals surface area contributed by atoms with Crippen LogP contribution in [0.25, 0.3) is 0 Å². The van der Waals surface area contributed by atoms with Gasteiger partial charge in [0.2, 0.25) is 0 Å². The molecule has 0 unspecified atom stereocenters. The Kier molecular flexibility index (Phi) is 5.21. The van der Waals surface area contributed by atoms with Crippen LogP contribution in [0.2, 0.25) is 0 Å². The van der Waals surface area contributed by atoms with Crippen LogP contribution in [0.3, 0.4) is 0 Å². The molecule has 1 N–H and O–H groups in total. The van der Waals surface area contributed by atoms with Gasteiger partial charge in [-0.25, -0.2) is 4.79 Å². The number of aryl methyl sites for hydroxylation is 3. The topological polar surface area (TPSA) is 79.2 Å². The molecule has 2 heterocycles. The highest BCUT2D eigenvalue weighted by Crippen LogP contribution is 2.38. The Hall–Kier alpha value is -2.17. The number of nitrogens with one attached hydrogen (secondary N) is 1. The summed E-state index contributed by atoms with van der Waals surface area (Å²) in [5.74, 6) is -0.911. The van der Waals surface area contributed by atoms with Crippen molar-refractivity contribution in [2.75, 3.05) is 11.9 Å². The summed E-state index contributed by atoms with van der Waals surface area (Å²) in [7, 11) is 0. The second kappa shape index (κ2) is 7.38. The van der Waals surface area contributed by atoms with Gasteiger partial charge in [-0.05, 0) is 49.8 Å². The van der Waals surface area contributed by atoms with Gasteiger partial charge in [-0.1, -0.05) is 6.92 Å². The average molecular weight is 374 g/mol. The van der Waals surface area contributed by atoms with E-state index in [1.54, 1.807) is 0 Å². The van der Waals surface area contributed by atoms with Crippen LogP contribution in [0.4, 0.5) is 5.00 Å². The van der Waals surface area contributed by atoms with Crippen molar-refractivity contribution in [1.29, 1.82) is 5.26 Å². The van der Waals surface area contributed by atoms with Gasteiger partial charge in [0, 0.05) is 9.75 Å². The van der Waals surface area contributed by atoms with E-state index in [1.807, 2.05) is 19.9 Å². The zero-order valence-electron chi connectivity index (χ0n) is 14.1. The van der Waals surface area contributed by atoms with E-state index in [4.69, 9.17) is 4.74 Å². The van der Waals surface area contributed by atoms with Gasteiger partial charge in [-0.15, -0.1) is 22.7 Å². The summed E-state index contributed by atoms with van der Waals surface area (Å²) in [4.78, 5) is 26.9. The molecular formula is C18H18N2O3S2. The van der Waals surface area contributed by atoms with E-state index >= 15 is 0 Å². The molecule has 0 saturated carbocycles. The maximum Gasteiger partial charge on any atom is 0.348 e. The van der Waals surface area contributed by atoms with Crippen molar-refractivity contribution in [3.63, 3.8) is 0 Å². The summed E-state index contributed by atoms with van der Waals surface area (Å²) in [6, 6.07) is 3.99. The summed E-state index contributed by atoms with van der Waals surface area (Å²) in [5, 5.41) is 12.6. The van der Waals surface area contributed by atoms with Gasteiger partial charge in [0.1, 0.15) is 15.9 Å². The fraction of sp³-hybridized carbons (Fsp3) is 0.389. The quantitative estimate of drug-likeness (QED) is 0.807. The molecule has 2 aromatic rings. The first kappa shape index (κ1) is 17.6. The summed E-state index contributed by atoms with van der Waals surface area (Å²) < 4.78 is 5.11. The maximum absolute atomic E-state index is 12.1. The molecule has 5 nitrogen and oxygen atoms in total. The molecule has 0 aliphatic heterocycles. The summed E-state index contributed by atoms with van der Waals surface area (Å²) in [5.41, 5.74) is 2.73. The molecule has 0 aromatic carbocycles. The van der Waals surface area contributed by atoms with Crippen LogP contribution in [-0.4, -0.2) is 18.5 Å². The third kappa shape index (κ3) is 3.60. The van der Waals surface area contributed by atoms with Crippen molar-refractivity contribution in [3.05, 3.63) is 37.4 Å². The lowest BCUT2D eigenvalue weighted by molar-refractivity contribution is -0.119. The van der Waals surface area contributed by atoms with Crippen LogP contribution < -0.4 is 5.32 Å². The number of ether oxygens (including phenoxy) is 1. The number of nitriles is 1. The second-order valence-electron chi connectivity index (χ2n) is 5.84. The third-order valence-electron chi connectivity index (χ3n) is 4.22. The number of anilines is 1. The van der Waals surface area contributed by atoms with Crippen LogP contribution in [0.5, 0.6) is 0 Å². The minimum Gasteiger partial charge on any atom is -0.451 e. The Morgan fingerprint density at radius 3 is 2.84 bits per heavy atom. The molecular weight excluding hydrogens is 356 g/mol. The molecule has 2 aromatic heterocycles. The molecule has 3 rings (SSSR count). The highest BCUT2D eigenvalue weighted by atomic mass is 32.1. The number of carbonyl (C=O) groups excluding carboxylic acids is 2. The highest BCUT2D eigenvalue weighted by molar-refractivity contribution is 7.16. The number of nitrogens with zero attached hydrogens (tertiary/aromatic N) is 1. The number of esters is 1. The van der Waals surface area contributed by atoms with Crippen molar-refractivity contribution in [2.24, 2.45) is 0 Å².